The fourth-order valence-electron chi connectivity index (χ4n) is 3.48. The highest BCUT2D eigenvalue weighted by Gasteiger charge is 2.47. The lowest BCUT2D eigenvalue weighted by molar-refractivity contribution is 0.380. The molecule has 2 N–H and O–H groups in total. The van der Waals surface area contributed by atoms with E-state index in [-0.39, 0.29) is 5.82 Å². The third-order valence-corrected chi connectivity index (χ3v) is 5.13. The number of benzene rings is 1. The lowest BCUT2D eigenvalue weighted by atomic mass is 10.2. The van der Waals surface area contributed by atoms with Gasteiger partial charge < -0.3 is 15.5 Å². The Hall–Kier alpha value is -1.78. The van der Waals surface area contributed by atoms with E-state index in [1.54, 1.807) is 0 Å². The minimum absolute atomic E-state index is 0.187. The van der Waals surface area contributed by atoms with E-state index < -0.39 is 0 Å². The molecule has 1 saturated heterocycles. The number of aliphatic imine (C=N–C) groups is 1. The average molecular weight is 302 g/mol. The Bertz CT molecular complexity index is 559. The van der Waals surface area contributed by atoms with E-state index in [2.05, 4.69) is 9.80 Å². The molecular weight excluding hydrogens is 279 g/mol. The number of rotatable bonds is 3. The van der Waals surface area contributed by atoms with Gasteiger partial charge in [-0.1, -0.05) is 0 Å². The number of piperazine rings is 1. The van der Waals surface area contributed by atoms with Crippen molar-refractivity contribution in [3.8, 4) is 0 Å². The zero-order chi connectivity index (χ0) is 15.1. The summed E-state index contributed by atoms with van der Waals surface area (Å²) in [4.78, 5) is 9.17. The van der Waals surface area contributed by atoms with Gasteiger partial charge in [-0.25, -0.2) is 9.38 Å². The van der Waals surface area contributed by atoms with Gasteiger partial charge in [0.1, 0.15) is 5.82 Å². The van der Waals surface area contributed by atoms with Crippen LogP contribution >= 0.6 is 0 Å². The molecule has 5 heteroatoms. The van der Waals surface area contributed by atoms with Gasteiger partial charge in [-0.3, -0.25) is 0 Å². The number of halogens is 1. The molecule has 22 heavy (non-hydrogen) atoms. The average Bonchev–Trinajstić information content (AvgIpc) is 3.42. The first-order valence-corrected chi connectivity index (χ1v) is 8.29. The van der Waals surface area contributed by atoms with Crippen molar-refractivity contribution in [2.24, 2.45) is 22.6 Å². The van der Waals surface area contributed by atoms with Crippen LogP contribution in [0.5, 0.6) is 0 Å². The summed E-state index contributed by atoms with van der Waals surface area (Å²) in [5.41, 5.74) is 7.26. The highest BCUT2D eigenvalue weighted by molar-refractivity contribution is 5.78. The Balaban J connectivity index is 1.31. The summed E-state index contributed by atoms with van der Waals surface area (Å²) in [5, 5.41) is 0. The Morgan fingerprint density at radius 2 is 1.77 bits per heavy atom. The van der Waals surface area contributed by atoms with Gasteiger partial charge in [0, 0.05) is 31.9 Å². The van der Waals surface area contributed by atoms with Gasteiger partial charge in [-0.15, -0.1) is 0 Å². The monoisotopic (exact) mass is 302 g/mol. The quantitative estimate of drug-likeness (QED) is 0.686. The second-order valence-electron chi connectivity index (χ2n) is 6.74. The van der Waals surface area contributed by atoms with E-state index in [1.165, 1.54) is 31.4 Å². The van der Waals surface area contributed by atoms with Crippen molar-refractivity contribution in [1.82, 2.24) is 4.90 Å². The molecule has 0 amide bonds. The minimum Gasteiger partial charge on any atom is -0.370 e. The number of guanidine groups is 1. The topological polar surface area (TPSA) is 44.9 Å². The summed E-state index contributed by atoms with van der Waals surface area (Å²) >= 11 is 0. The third-order valence-electron chi connectivity index (χ3n) is 5.13. The molecule has 4 rings (SSSR count). The van der Waals surface area contributed by atoms with Gasteiger partial charge in [-0.05, 0) is 55.4 Å². The Morgan fingerprint density at radius 1 is 1.09 bits per heavy atom. The van der Waals surface area contributed by atoms with Crippen LogP contribution in [0.2, 0.25) is 0 Å². The highest BCUT2D eigenvalue weighted by atomic mass is 19.1. The lowest BCUT2D eigenvalue weighted by Gasteiger charge is -2.36. The smallest absolute Gasteiger partial charge is 0.191 e. The maximum Gasteiger partial charge on any atom is 0.191 e. The Kier molecular flexibility index (Phi) is 3.43. The molecule has 0 spiro atoms. The standard InChI is InChI=1S/C17H23FN4/c18-13-3-5-14(6-4-13)21-7-9-22(10-8-21)17(19)20-16-11-15(16)12-1-2-12/h3-6,12,15-16H,1-2,7-11H2,(H2,19,20)/t15-,16+/m0/s1. The third kappa shape index (κ3) is 2.89. The van der Waals surface area contributed by atoms with Crippen LogP contribution in [0.25, 0.3) is 0 Å². The van der Waals surface area contributed by atoms with Crippen LogP contribution in [-0.2, 0) is 0 Å². The number of nitrogens with zero attached hydrogens (tertiary/aromatic N) is 3. The van der Waals surface area contributed by atoms with E-state index in [4.69, 9.17) is 10.7 Å². The number of nitrogens with two attached hydrogens (primary N) is 1. The van der Waals surface area contributed by atoms with Crippen molar-refractivity contribution in [2.45, 2.75) is 25.3 Å². The van der Waals surface area contributed by atoms with Crippen molar-refractivity contribution in [1.29, 1.82) is 0 Å². The van der Waals surface area contributed by atoms with Crippen molar-refractivity contribution in [3.05, 3.63) is 30.1 Å². The van der Waals surface area contributed by atoms with Crippen LogP contribution in [-0.4, -0.2) is 43.1 Å². The van der Waals surface area contributed by atoms with Crippen LogP contribution in [0.3, 0.4) is 0 Å². The van der Waals surface area contributed by atoms with E-state index in [9.17, 15) is 4.39 Å². The van der Waals surface area contributed by atoms with Crippen molar-refractivity contribution in [2.75, 3.05) is 31.1 Å². The van der Waals surface area contributed by atoms with Crippen LogP contribution in [0.15, 0.2) is 29.3 Å². The molecule has 2 atom stereocenters. The molecule has 1 aliphatic heterocycles. The lowest BCUT2D eigenvalue weighted by Crippen LogP contribution is -2.51. The zero-order valence-electron chi connectivity index (χ0n) is 12.8. The minimum atomic E-state index is -0.187. The van der Waals surface area contributed by atoms with Gasteiger partial charge in [0.2, 0.25) is 0 Å². The Labute approximate surface area is 130 Å². The molecule has 0 unspecified atom stereocenters. The maximum absolute atomic E-state index is 13.0. The molecule has 3 fully saturated rings. The van der Waals surface area contributed by atoms with Gasteiger partial charge >= 0.3 is 0 Å². The van der Waals surface area contributed by atoms with Gasteiger partial charge in [-0.2, -0.15) is 0 Å². The fraction of sp³-hybridized carbons (Fsp3) is 0.588. The molecule has 1 aromatic rings. The maximum atomic E-state index is 13.0. The van der Waals surface area contributed by atoms with Gasteiger partial charge in [0.15, 0.2) is 5.96 Å². The normalized spacial score (nSPS) is 28.9. The molecule has 1 heterocycles. The predicted octanol–water partition coefficient (Wildman–Crippen LogP) is 2.06. The molecule has 0 aromatic heterocycles. The number of hydrogen-bond donors (Lipinski definition) is 1. The van der Waals surface area contributed by atoms with Crippen molar-refractivity contribution >= 4 is 11.6 Å². The van der Waals surface area contributed by atoms with Crippen LogP contribution in [0.4, 0.5) is 10.1 Å². The van der Waals surface area contributed by atoms with E-state index >= 15 is 0 Å². The summed E-state index contributed by atoms with van der Waals surface area (Å²) in [5.74, 6) is 2.29. The summed E-state index contributed by atoms with van der Waals surface area (Å²) in [6.07, 6.45) is 4.03. The van der Waals surface area contributed by atoms with Crippen molar-refractivity contribution in [3.63, 3.8) is 0 Å². The first-order valence-electron chi connectivity index (χ1n) is 8.29. The van der Waals surface area contributed by atoms with Crippen LogP contribution in [0.1, 0.15) is 19.3 Å². The van der Waals surface area contributed by atoms with Crippen molar-refractivity contribution < 1.29 is 4.39 Å². The zero-order valence-corrected chi connectivity index (χ0v) is 12.8. The molecule has 2 saturated carbocycles. The Morgan fingerprint density at radius 3 is 2.41 bits per heavy atom. The van der Waals surface area contributed by atoms with Gasteiger partial charge in [0.25, 0.3) is 0 Å². The molecule has 2 aliphatic carbocycles. The highest BCUT2D eigenvalue weighted by Crippen LogP contribution is 2.51. The first kappa shape index (κ1) is 13.9. The molecule has 1 aromatic carbocycles. The van der Waals surface area contributed by atoms with E-state index in [0.29, 0.717) is 12.0 Å². The molecule has 3 aliphatic rings. The first-order chi connectivity index (χ1) is 10.7. The summed E-state index contributed by atoms with van der Waals surface area (Å²) in [7, 11) is 0. The molecule has 118 valence electrons. The molecule has 0 bridgehead atoms. The summed E-state index contributed by atoms with van der Waals surface area (Å²) < 4.78 is 13.0. The van der Waals surface area contributed by atoms with Crippen LogP contribution in [0, 0.1) is 17.7 Å². The van der Waals surface area contributed by atoms with E-state index in [0.717, 1.165) is 43.7 Å². The molecule has 0 radical (unpaired) electrons. The van der Waals surface area contributed by atoms with E-state index in [1.807, 2.05) is 12.1 Å². The largest absolute Gasteiger partial charge is 0.370 e. The van der Waals surface area contributed by atoms with Gasteiger partial charge in [0.05, 0.1) is 6.04 Å². The second-order valence-corrected chi connectivity index (χ2v) is 6.74. The fourth-order valence-corrected chi connectivity index (χ4v) is 3.48. The second kappa shape index (κ2) is 5.45. The number of hydrogen-bond acceptors (Lipinski definition) is 2. The molecule has 4 nitrogen and oxygen atoms in total. The van der Waals surface area contributed by atoms with Crippen LogP contribution < -0.4 is 10.6 Å². The molecular formula is C17H23FN4. The SMILES string of the molecule is NC(=N[C@@H]1C[C@H]1C1CC1)N1CCN(c2ccc(F)cc2)CC1. The summed E-state index contributed by atoms with van der Waals surface area (Å²) in [6, 6.07) is 7.20. The predicted molar refractivity (Wildman–Crippen MR) is 86.4 cm³/mol. The number of anilines is 1. The summed E-state index contributed by atoms with van der Waals surface area (Å²) in [6.45, 7) is 3.57.